The molecule has 1 aromatic heterocycles. The summed E-state index contributed by atoms with van der Waals surface area (Å²) in [7, 11) is 0. The average molecular weight is 250 g/mol. The van der Waals surface area contributed by atoms with E-state index in [0.29, 0.717) is 12.5 Å². The lowest BCUT2D eigenvalue weighted by molar-refractivity contribution is -0.121. The highest BCUT2D eigenvalue weighted by atomic mass is 16.1. The smallest absolute Gasteiger partial charge is 0.242 e. The van der Waals surface area contributed by atoms with E-state index >= 15 is 0 Å². The molecular formula is C13H22N4O. The third-order valence-corrected chi connectivity index (χ3v) is 3.63. The zero-order chi connectivity index (χ0) is 13.3. The van der Waals surface area contributed by atoms with E-state index in [1.54, 1.807) is 4.68 Å². The molecule has 1 saturated carbocycles. The van der Waals surface area contributed by atoms with Gasteiger partial charge in [0.05, 0.1) is 5.69 Å². The van der Waals surface area contributed by atoms with E-state index in [4.69, 9.17) is 5.73 Å². The summed E-state index contributed by atoms with van der Waals surface area (Å²) in [5, 5.41) is 7.96. The molecule has 1 fully saturated rings. The fourth-order valence-corrected chi connectivity index (χ4v) is 2.28. The first-order valence-corrected chi connectivity index (χ1v) is 6.61. The minimum absolute atomic E-state index is 0.315. The van der Waals surface area contributed by atoms with Crippen LogP contribution in [0.1, 0.15) is 49.2 Å². The third-order valence-electron chi connectivity index (χ3n) is 3.63. The monoisotopic (exact) mass is 250 g/mol. The van der Waals surface area contributed by atoms with E-state index in [2.05, 4.69) is 10.4 Å². The van der Waals surface area contributed by atoms with E-state index in [0.717, 1.165) is 17.9 Å². The molecular weight excluding hydrogens is 228 g/mol. The van der Waals surface area contributed by atoms with Crippen molar-refractivity contribution in [3.05, 3.63) is 17.0 Å². The molecule has 1 atom stereocenters. The molecule has 0 aliphatic heterocycles. The molecule has 1 aliphatic carbocycles. The Bertz CT molecular complexity index is 448. The Balaban J connectivity index is 2.20. The summed E-state index contributed by atoms with van der Waals surface area (Å²) >= 11 is 0. The molecule has 0 saturated heterocycles. The van der Waals surface area contributed by atoms with Crippen LogP contribution in [0.3, 0.4) is 0 Å². The largest absolute Gasteiger partial charge is 0.368 e. The summed E-state index contributed by atoms with van der Waals surface area (Å²) in [6.07, 6.45) is 3.21. The Morgan fingerprint density at radius 1 is 1.56 bits per heavy atom. The van der Waals surface area contributed by atoms with Gasteiger partial charge >= 0.3 is 0 Å². The minimum atomic E-state index is -0.335. The second-order valence-corrected chi connectivity index (χ2v) is 5.08. The number of carbonyl (C=O) groups excluding carboxylic acids is 1. The maximum absolute atomic E-state index is 11.4. The lowest BCUT2D eigenvalue weighted by Crippen LogP contribution is -2.27. The highest BCUT2D eigenvalue weighted by molar-refractivity contribution is 5.78. The molecule has 18 heavy (non-hydrogen) atoms. The van der Waals surface area contributed by atoms with Gasteiger partial charge in [-0.25, -0.2) is 0 Å². The number of carbonyl (C=O) groups is 1. The van der Waals surface area contributed by atoms with Crippen molar-refractivity contribution in [2.24, 2.45) is 5.73 Å². The normalized spacial score (nSPS) is 16.8. The fraction of sp³-hybridized carbons (Fsp3) is 0.692. The van der Waals surface area contributed by atoms with Gasteiger partial charge in [-0.05, 0) is 33.1 Å². The first-order chi connectivity index (χ1) is 8.54. The van der Waals surface area contributed by atoms with Crippen LogP contribution in [0.25, 0.3) is 0 Å². The van der Waals surface area contributed by atoms with Gasteiger partial charge in [0.2, 0.25) is 5.91 Å². The van der Waals surface area contributed by atoms with Crippen LogP contribution in [0, 0.1) is 13.8 Å². The van der Waals surface area contributed by atoms with Crippen LogP contribution in [-0.2, 0) is 11.3 Å². The molecule has 0 spiro atoms. The topological polar surface area (TPSA) is 72.9 Å². The van der Waals surface area contributed by atoms with Crippen LogP contribution in [0.4, 0.5) is 0 Å². The van der Waals surface area contributed by atoms with Crippen LogP contribution < -0.4 is 11.1 Å². The number of nitrogens with two attached hydrogens (primary N) is 1. The number of aromatic nitrogens is 2. The predicted molar refractivity (Wildman–Crippen MR) is 70.1 cm³/mol. The van der Waals surface area contributed by atoms with Gasteiger partial charge in [-0.2, -0.15) is 5.10 Å². The van der Waals surface area contributed by atoms with Gasteiger partial charge in [0.15, 0.2) is 0 Å². The molecule has 0 aromatic carbocycles. The zero-order valence-corrected chi connectivity index (χ0v) is 11.4. The summed E-state index contributed by atoms with van der Waals surface area (Å²) in [5.74, 6) is -0.315. The predicted octanol–water partition coefficient (Wildman–Crippen LogP) is 1.19. The first-order valence-electron chi connectivity index (χ1n) is 6.61. The molecule has 1 aromatic rings. The summed E-state index contributed by atoms with van der Waals surface area (Å²) in [5.41, 5.74) is 8.65. The standard InChI is InChI=1S/C13H22N4O/c1-4-12(13(14)18)17-9(3)11(8(2)16-17)7-15-10-5-6-10/h10,12,15H,4-7H2,1-3H3,(H2,14,18). The summed E-state index contributed by atoms with van der Waals surface area (Å²) < 4.78 is 1.78. The lowest BCUT2D eigenvalue weighted by atomic mass is 10.1. The van der Waals surface area contributed by atoms with Gasteiger partial charge in [0, 0.05) is 23.8 Å². The van der Waals surface area contributed by atoms with Crippen LogP contribution in [0.5, 0.6) is 0 Å². The Labute approximate surface area is 108 Å². The van der Waals surface area contributed by atoms with E-state index < -0.39 is 0 Å². The van der Waals surface area contributed by atoms with Crippen LogP contribution in [0.15, 0.2) is 0 Å². The van der Waals surface area contributed by atoms with Crippen molar-refractivity contribution >= 4 is 5.91 Å². The van der Waals surface area contributed by atoms with Crippen molar-refractivity contribution in [1.29, 1.82) is 0 Å². The average Bonchev–Trinajstić information content (AvgIpc) is 3.08. The number of amides is 1. The quantitative estimate of drug-likeness (QED) is 0.796. The van der Waals surface area contributed by atoms with Crippen LogP contribution in [0.2, 0.25) is 0 Å². The molecule has 5 nitrogen and oxygen atoms in total. The van der Waals surface area contributed by atoms with E-state index in [9.17, 15) is 4.79 Å². The minimum Gasteiger partial charge on any atom is -0.368 e. The first kappa shape index (κ1) is 13.1. The SMILES string of the molecule is CCC(C(N)=O)n1nc(C)c(CNC2CC2)c1C. The van der Waals surface area contributed by atoms with Gasteiger partial charge in [-0.3, -0.25) is 9.48 Å². The molecule has 2 rings (SSSR count). The highest BCUT2D eigenvalue weighted by Crippen LogP contribution is 2.22. The third kappa shape index (κ3) is 2.56. The Hall–Kier alpha value is -1.36. The van der Waals surface area contributed by atoms with Gasteiger partial charge in [0.1, 0.15) is 6.04 Å². The molecule has 1 heterocycles. The van der Waals surface area contributed by atoms with Crippen LogP contribution in [-0.4, -0.2) is 21.7 Å². The Morgan fingerprint density at radius 2 is 2.22 bits per heavy atom. The zero-order valence-electron chi connectivity index (χ0n) is 11.4. The second kappa shape index (κ2) is 5.10. The fourth-order valence-electron chi connectivity index (χ4n) is 2.28. The number of hydrogen-bond acceptors (Lipinski definition) is 3. The van der Waals surface area contributed by atoms with Crippen molar-refractivity contribution in [3.8, 4) is 0 Å². The van der Waals surface area contributed by atoms with Gasteiger partial charge in [-0.1, -0.05) is 6.92 Å². The number of nitrogens with zero attached hydrogens (tertiary/aromatic N) is 2. The number of aryl methyl sites for hydroxylation is 1. The number of primary amides is 1. The lowest BCUT2D eigenvalue weighted by Gasteiger charge is -2.14. The van der Waals surface area contributed by atoms with Gasteiger partial charge in [-0.15, -0.1) is 0 Å². The van der Waals surface area contributed by atoms with E-state index in [1.165, 1.54) is 18.4 Å². The summed E-state index contributed by atoms with van der Waals surface area (Å²) in [6, 6.07) is 0.337. The maximum Gasteiger partial charge on any atom is 0.242 e. The molecule has 1 aliphatic rings. The van der Waals surface area contributed by atoms with Gasteiger partial charge < -0.3 is 11.1 Å². The number of nitrogens with one attached hydrogen (secondary N) is 1. The molecule has 100 valence electrons. The highest BCUT2D eigenvalue weighted by Gasteiger charge is 2.24. The molecule has 0 radical (unpaired) electrons. The van der Waals surface area contributed by atoms with Crippen molar-refractivity contribution in [1.82, 2.24) is 15.1 Å². The van der Waals surface area contributed by atoms with E-state index in [1.807, 2.05) is 20.8 Å². The molecule has 5 heteroatoms. The Kier molecular flexibility index (Phi) is 3.71. The van der Waals surface area contributed by atoms with Crippen molar-refractivity contribution in [3.63, 3.8) is 0 Å². The van der Waals surface area contributed by atoms with Gasteiger partial charge in [0.25, 0.3) is 0 Å². The van der Waals surface area contributed by atoms with E-state index in [-0.39, 0.29) is 11.9 Å². The molecule has 1 amide bonds. The molecule has 0 bridgehead atoms. The van der Waals surface area contributed by atoms with Crippen LogP contribution >= 0.6 is 0 Å². The van der Waals surface area contributed by atoms with Crippen molar-refractivity contribution in [2.75, 3.05) is 0 Å². The summed E-state index contributed by atoms with van der Waals surface area (Å²) in [4.78, 5) is 11.4. The molecule has 1 unspecified atom stereocenters. The Morgan fingerprint density at radius 3 is 2.72 bits per heavy atom. The molecule has 3 N–H and O–H groups in total. The van der Waals surface area contributed by atoms with Crippen molar-refractivity contribution in [2.45, 2.75) is 58.7 Å². The number of rotatable bonds is 6. The maximum atomic E-state index is 11.4. The summed E-state index contributed by atoms with van der Waals surface area (Å²) in [6.45, 7) is 6.78. The van der Waals surface area contributed by atoms with Crippen molar-refractivity contribution < 1.29 is 4.79 Å². The number of hydrogen-bond donors (Lipinski definition) is 2. The second-order valence-electron chi connectivity index (χ2n) is 5.08.